The highest BCUT2D eigenvalue weighted by Crippen LogP contribution is 1.89. The van der Waals surface area contributed by atoms with E-state index in [1.54, 1.807) is 12.1 Å². The smallest absolute Gasteiger partial charge is 0.263 e. The molecule has 5 heteroatoms. The lowest BCUT2D eigenvalue weighted by atomic mass is 10.3. The predicted octanol–water partition coefficient (Wildman–Crippen LogP) is 0.524. The molecule has 0 spiro atoms. The van der Waals surface area contributed by atoms with Gasteiger partial charge in [0.25, 0.3) is 5.91 Å². The largest absolute Gasteiger partial charge is 0.386 e. The molecule has 0 bridgehead atoms. The number of nitrogens with one attached hydrogen (secondary N) is 2. The van der Waals surface area contributed by atoms with E-state index in [9.17, 15) is 4.79 Å². The molecule has 0 unspecified atom stereocenters. The van der Waals surface area contributed by atoms with Crippen LogP contribution in [0.2, 0.25) is 0 Å². The van der Waals surface area contributed by atoms with Gasteiger partial charge in [-0.25, -0.2) is 0 Å². The molecular formula is C9H12ClN3O. The van der Waals surface area contributed by atoms with Crippen LogP contribution in [0.25, 0.3) is 0 Å². The van der Waals surface area contributed by atoms with Gasteiger partial charge in [0.05, 0.1) is 0 Å². The standard InChI is InChI=1S/C9H12ClN3O/c1-2-4-12-7-8(6-11)9(14)13-5-3-10/h2,7,12H,1,3-5H2,(H,13,14)/b8-7-. The predicted molar refractivity (Wildman–Crippen MR) is 55.6 cm³/mol. The van der Waals surface area contributed by atoms with Crippen LogP contribution in [0.15, 0.2) is 24.4 Å². The van der Waals surface area contributed by atoms with E-state index in [-0.39, 0.29) is 5.57 Å². The zero-order valence-corrected chi connectivity index (χ0v) is 8.47. The number of hydrogen-bond acceptors (Lipinski definition) is 3. The Labute approximate surface area is 88.2 Å². The van der Waals surface area contributed by atoms with Crippen LogP contribution < -0.4 is 10.6 Å². The topological polar surface area (TPSA) is 64.9 Å². The second kappa shape index (κ2) is 8.14. The van der Waals surface area contributed by atoms with E-state index in [1.165, 1.54) is 6.20 Å². The molecule has 1 amide bonds. The number of nitrogens with zero attached hydrogens (tertiary/aromatic N) is 1. The molecule has 0 saturated heterocycles. The van der Waals surface area contributed by atoms with Gasteiger partial charge >= 0.3 is 0 Å². The first kappa shape index (κ1) is 12.5. The summed E-state index contributed by atoms with van der Waals surface area (Å²) in [5.41, 5.74) is 0.0250. The van der Waals surface area contributed by atoms with Gasteiger partial charge in [-0.2, -0.15) is 5.26 Å². The maximum Gasteiger partial charge on any atom is 0.263 e. The fourth-order valence-corrected chi connectivity index (χ4v) is 0.743. The zero-order chi connectivity index (χ0) is 10.8. The second-order valence-corrected chi connectivity index (χ2v) is 2.69. The summed E-state index contributed by atoms with van der Waals surface area (Å²) in [5.74, 6) is -0.102. The van der Waals surface area contributed by atoms with Crippen LogP contribution in [0.5, 0.6) is 0 Å². The minimum Gasteiger partial charge on any atom is -0.386 e. The molecule has 0 heterocycles. The fourth-order valence-electron chi connectivity index (χ4n) is 0.649. The van der Waals surface area contributed by atoms with Crippen molar-refractivity contribution in [1.82, 2.24) is 10.6 Å². The molecule has 0 fully saturated rings. The lowest BCUT2D eigenvalue weighted by Crippen LogP contribution is -2.27. The van der Waals surface area contributed by atoms with Gasteiger partial charge < -0.3 is 10.6 Å². The van der Waals surface area contributed by atoms with Crippen LogP contribution in [-0.2, 0) is 4.79 Å². The molecule has 0 saturated carbocycles. The third-order valence-corrected chi connectivity index (χ3v) is 1.44. The number of rotatable bonds is 6. The number of hydrogen-bond donors (Lipinski definition) is 2. The lowest BCUT2D eigenvalue weighted by Gasteiger charge is -2.01. The maximum absolute atomic E-state index is 11.2. The van der Waals surface area contributed by atoms with E-state index in [2.05, 4.69) is 17.2 Å². The fraction of sp³-hybridized carbons (Fsp3) is 0.333. The van der Waals surface area contributed by atoms with Crippen molar-refractivity contribution < 1.29 is 4.79 Å². The average Bonchev–Trinajstić information content (AvgIpc) is 2.21. The molecule has 14 heavy (non-hydrogen) atoms. The minimum absolute atomic E-state index is 0.0250. The highest BCUT2D eigenvalue weighted by atomic mass is 35.5. The summed E-state index contributed by atoms with van der Waals surface area (Å²) in [7, 11) is 0. The minimum atomic E-state index is -0.426. The van der Waals surface area contributed by atoms with Crippen molar-refractivity contribution in [3.63, 3.8) is 0 Å². The van der Waals surface area contributed by atoms with Crippen LogP contribution in [0.3, 0.4) is 0 Å². The molecule has 0 aromatic heterocycles. The molecular weight excluding hydrogens is 202 g/mol. The van der Waals surface area contributed by atoms with Crippen molar-refractivity contribution in [2.45, 2.75) is 0 Å². The van der Waals surface area contributed by atoms with Crippen molar-refractivity contribution >= 4 is 17.5 Å². The molecule has 76 valence electrons. The lowest BCUT2D eigenvalue weighted by molar-refractivity contribution is -0.117. The maximum atomic E-state index is 11.2. The Bertz CT molecular complexity index is 268. The van der Waals surface area contributed by atoms with Crippen LogP contribution in [0, 0.1) is 11.3 Å². The Hall–Kier alpha value is -1.47. The molecule has 0 aromatic rings. The molecule has 2 N–H and O–H groups in total. The van der Waals surface area contributed by atoms with Crippen molar-refractivity contribution in [2.24, 2.45) is 0 Å². The van der Waals surface area contributed by atoms with Crippen LogP contribution in [0.1, 0.15) is 0 Å². The third kappa shape index (κ3) is 5.22. The van der Waals surface area contributed by atoms with Crippen molar-refractivity contribution in [3.8, 4) is 6.07 Å². The number of amides is 1. The Morgan fingerprint density at radius 2 is 2.36 bits per heavy atom. The average molecular weight is 214 g/mol. The normalized spacial score (nSPS) is 10.1. The molecule has 4 nitrogen and oxygen atoms in total. The van der Waals surface area contributed by atoms with Crippen molar-refractivity contribution in [1.29, 1.82) is 5.26 Å². The first-order valence-electron chi connectivity index (χ1n) is 4.05. The van der Waals surface area contributed by atoms with E-state index in [0.29, 0.717) is 19.0 Å². The van der Waals surface area contributed by atoms with Gasteiger partial charge in [0.1, 0.15) is 11.6 Å². The van der Waals surface area contributed by atoms with E-state index in [1.807, 2.05) is 0 Å². The van der Waals surface area contributed by atoms with Crippen LogP contribution in [0.4, 0.5) is 0 Å². The van der Waals surface area contributed by atoms with Gasteiger partial charge in [-0.15, -0.1) is 18.2 Å². The summed E-state index contributed by atoms with van der Waals surface area (Å²) in [4.78, 5) is 11.2. The number of carbonyl (C=O) groups is 1. The first-order valence-corrected chi connectivity index (χ1v) is 4.58. The van der Waals surface area contributed by atoms with Gasteiger partial charge in [0.15, 0.2) is 0 Å². The SMILES string of the molecule is C=CCN/C=C(/C#N)C(=O)NCCCl. The third-order valence-electron chi connectivity index (χ3n) is 1.25. The molecule has 0 aliphatic rings. The molecule has 0 radical (unpaired) electrons. The van der Waals surface area contributed by atoms with E-state index < -0.39 is 5.91 Å². The molecule has 0 aliphatic carbocycles. The number of halogens is 1. The Balaban J connectivity index is 4.12. The summed E-state index contributed by atoms with van der Waals surface area (Å²) >= 11 is 5.37. The van der Waals surface area contributed by atoms with Gasteiger partial charge in [-0.05, 0) is 0 Å². The van der Waals surface area contributed by atoms with E-state index in [0.717, 1.165) is 0 Å². The summed E-state index contributed by atoms with van der Waals surface area (Å²) in [5, 5.41) is 13.8. The Morgan fingerprint density at radius 1 is 1.64 bits per heavy atom. The summed E-state index contributed by atoms with van der Waals surface area (Å²) in [6.45, 7) is 4.34. The number of nitriles is 1. The molecule has 0 atom stereocenters. The van der Waals surface area contributed by atoms with Gasteiger partial charge in [0, 0.05) is 25.2 Å². The molecule has 0 aromatic carbocycles. The highest BCUT2D eigenvalue weighted by molar-refractivity contribution is 6.18. The van der Waals surface area contributed by atoms with Gasteiger partial charge in [0.2, 0.25) is 0 Å². The van der Waals surface area contributed by atoms with Crippen molar-refractivity contribution in [3.05, 3.63) is 24.4 Å². The monoisotopic (exact) mass is 213 g/mol. The first-order chi connectivity index (χ1) is 6.76. The van der Waals surface area contributed by atoms with Gasteiger partial charge in [-0.3, -0.25) is 4.79 Å². The van der Waals surface area contributed by atoms with Crippen molar-refractivity contribution in [2.75, 3.05) is 19.0 Å². The summed E-state index contributed by atoms with van der Waals surface area (Å²) in [6.07, 6.45) is 2.98. The molecule has 0 rings (SSSR count). The van der Waals surface area contributed by atoms with Gasteiger partial charge in [-0.1, -0.05) is 6.08 Å². The van der Waals surface area contributed by atoms with Crippen LogP contribution in [-0.4, -0.2) is 24.9 Å². The molecule has 0 aliphatic heterocycles. The quantitative estimate of drug-likeness (QED) is 0.222. The van der Waals surface area contributed by atoms with E-state index >= 15 is 0 Å². The second-order valence-electron chi connectivity index (χ2n) is 2.31. The number of alkyl halides is 1. The Morgan fingerprint density at radius 3 is 2.86 bits per heavy atom. The number of carbonyl (C=O) groups excluding carboxylic acids is 1. The summed E-state index contributed by atoms with van der Waals surface area (Å²) in [6, 6.07) is 1.78. The Kier molecular flexibility index (Phi) is 7.29. The highest BCUT2D eigenvalue weighted by Gasteiger charge is 2.06. The van der Waals surface area contributed by atoms with E-state index in [4.69, 9.17) is 16.9 Å². The van der Waals surface area contributed by atoms with Crippen LogP contribution >= 0.6 is 11.6 Å². The summed E-state index contributed by atoms with van der Waals surface area (Å²) < 4.78 is 0. The zero-order valence-electron chi connectivity index (χ0n) is 7.72.